The van der Waals surface area contributed by atoms with E-state index in [9.17, 15) is 14.3 Å². The zero-order valence-electron chi connectivity index (χ0n) is 17.5. The van der Waals surface area contributed by atoms with E-state index >= 15 is 0 Å². The third kappa shape index (κ3) is 4.33. The Balaban J connectivity index is 1.77. The van der Waals surface area contributed by atoms with Crippen LogP contribution in [0.1, 0.15) is 38.3 Å². The lowest BCUT2D eigenvalue weighted by Crippen LogP contribution is -2.70. The Morgan fingerprint density at radius 2 is 1.90 bits per heavy atom. The van der Waals surface area contributed by atoms with Gasteiger partial charge in [0.25, 0.3) is 0 Å². The van der Waals surface area contributed by atoms with Gasteiger partial charge in [0.2, 0.25) is 0 Å². The monoisotopic (exact) mass is 412 g/mol. The minimum absolute atomic E-state index is 0.225. The second-order valence-electron chi connectivity index (χ2n) is 8.29. The van der Waals surface area contributed by atoms with E-state index in [4.69, 9.17) is 9.47 Å². The summed E-state index contributed by atoms with van der Waals surface area (Å²) in [7, 11) is 1.47. The highest BCUT2D eigenvalue weighted by atomic mass is 19.1. The Morgan fingerprint density at radius 3 is 2.50 bits per heavy atom. The van der Waals surface area contributed by atoms with Gasteiger partial charge in [-0.05, 0) is 30.0 Å². The summed E-state index contributed by atoms with van der Waals surface area (Å²) in [5.41, 5.74) is 0.199. The molecule has 7 heteroatoms. The van der Waals surface area contributed by atoms with Crippen molar-refractivity contribution in [2.45, 2.75) is 32.7 Å². The molecule has 1 aliphatic heterocycles. The molecule has 1 fully saturated rings. The van der Waals surface area contributed by atoms with Gasteiger partial charge in [-0.1, -0.05) is 32.6 Å². The fourth-order valence-electron chi connectivity index (χ4n) is 3.58. The zero-order chi connectivity index (χ0) is 21.9. The van der Waals surface area contributed by atoms with Crippen LogP contribution in [-0.4, -0.2) is 46.9 Å². The standard InChI is InChI=1S/C23H25FN2O4/c1-22(2,3)23(7-8-26(23)21(27)28)15-30-20-11-17(13-25-14-20)6-5-16-9-18(24)12-19(10-16)29-4/h9-14H,7-8,15H2,1-4H3,(H,27,28)/t23-/m1/s1. The number of nitrogens with zero attached hydrogens (tertiary/aromatic N) is 2. The summed E-state index contributed by atoms with van der Waals surface area (Å²) >= 11 is 0. The summed E-state index contributed by atoms with van der Waals surface area (Å²) in [4.78, 5) is 17.2. The number of methoxy groups -OCH3 is 1. The number of ether oxygens (including phenoxy) is 2. The third-order valence-electron chi connectivity index (χ3n) is 5.54. The van der Waals surface area contributed by atoms with Gasteiger partial charge >= 0.3 is 6.09 Å². The van der Waals surface area contributed by atoms with Crippen molar-refractivity contribution in [3.05, 3.63) is 53.6 Å². The number of aromatic nitrogens is 1. The van der Waals surface area contributed by atoms with Crippen molar-refractivity contribution in [3.63, 3.8) is 0 Å². The molecule has 3 rings (SSSR count). The molecular weight excluding hydrogens is 387 g/mol. The predicted octanol–water partition coefficient (Wildman–Crippen LogP) is 4.18. The predicted molar refractivity (Wildman–Crippen MR) is 110 cm³/mol. The number of carboxylic acid groups (broad SMARTS) is 1. The highest BCUT2D eigenvalue weighted by Crippen LogP contribution is 2.45. The van der Waals surface area contributed by atoms with Crippen LogP contribution in [0.3, 0.4) is 0 Å². The van der Waals surface area contributed by atoms with Crippen molar-refractivity contribution in [2.75, 3.05) is 20.3 Å². The van der Waals surface area contributed by atoms with Crippen LogP contribution in [0, 0.1) is 23.1 Å². The Labute approximate surface area is 175 Å². The summed E-state index contributed by atoms with van der Waals surface area (Å²) in [5, 5.41) is 9.51. The number of halogens is 1. The van der Waals surface area contributed by atoms with Crippen molar-refractivity contribution in [3.8, 4) is 23.3 Å². The maximum atomic E-state index is 13.6. The number of benzene rings is 1. The lowest BCUT2D eigenvalue weighted by atomic mass is 9.66. The van der Waals surface area contributed by atoms with Crippen LogP contribution in [0.2, 0.25) is 0 Å². The molecule has 0 radical (unpaired) electrons. The van der Waals surface area contributed by atoms with Gasteiger partial charge in [0, 0.05) is 29.9 Å². The highest BCUT2D eigenvalue weighted by molar-refractivity contribution is 5.68. The summed E-state index contributed by atoms with van der Waals surface area (Å²) < 4.78 is 24.6. The number of rotatable bonds is 4. The van der Waals surface area contributed by atoms with Gasteiger partial charge in [0.15, 0.2) is 0 Å². The lowest BCUT2D eigenvalue weighted by molar-refractivity contribution is -0.0962. The first-order chi connectivity index (χ1) is 14.1. The van der Waals surface area contributed by atoms with E-state index in [1.165, 1.54) is 24.1 Å². The Bertz CT molecular complexity index is 1010. The number of hydrogen-bond acceptors (Lipinski definition) is 4. The number of hydrogen-bond donors (Lipinski definition) is 1. The fourth-order valence-corrected chi connectivity index (χ4v) is 3.58. The van der Waals surface area contributed by atoms with Crippen LogP contribution >= 0.6 is 0 Å². The average Bonchev–Trinajstić information content (AvgIpc) is 2.64. The van der Waals surface area contributed by atoms with E-state index in [2.05, 4.69) is 16.8 Å². The van der Waals surface area contributed by atoms with Crippen molar-refractivity contribution >= 4 is 6.09 Å². The first-order valence-electron chi connectivity index (χ1n) is 9.60. The molecule has 0 aliphatic carbocycles. The smallest absolute Gasteiger partial charge is 0.407 e. The summed E-state index contributed by atoms with van der Waals surface area (Å²) in [6.07, 6.45) is 2.94. The van der Waals surface area contributed by atoms with Crippen molar-refractivity contribution in [2.24, 2.45) is 5.41 Å². The van der Waals surface area contributed by atoms with E-state index in [-0.39, 0.29) is 12.0 Å². The SMILES string of the molecule is COc1cc(F)cc(C#Cc2cncc(OC[C@@]3(C(C)(C)C)CCN3C(=O)O)c2)c1. The van der Waals surface area contributed by atoms with E-state index < -0.39 is 17.4 Å². The van der Waals surface area contributed by atoms with Gasteiger partial charge in [-0.15, -0.1) is 0 Å². The summed E-state index contributed by atoms with van der Waals surface area (Å²) in [6.45, 7) is 6.76. The fraction of sp³-hybridized carbons (Fsp3) is 0.391. The maximum Gasteiger partial charge on any atom is 0.407 e. The molecule has 30 heavy (non-hydrogen) atoms. The molecule has 1 aromatic carbocycles. The van der Waals surface area contributed by atoms with Crippen LogP contribution in [0.5, 0.6) is 11.5 Å². The highest BCUT2D eigenvalue weighted by Gasteiger charge is 2.56. The molecule has 1 N–H and O–H groups in total. The van der Waals surface area contributed by atoms with Crippen molar-refractivity contribution in [1.82, 2.24) is 9.88 Å². The molecule has 1 amide bonds. The zero-order valence-corrected chi connectivity index (χ0v) is 17.5. The number of pyridine rings is 1. The second kappa shape index (κ2) is 8.23. The molecule has 2 aromatic rings. The van der Waals surface area contributed by atoms with Gasteiger partial charge < -0.3 is 14.6 Å². The Kier molecular flexibility index (Phi) is 5.88. The minimum Gasteiger partial charge on any atom is -0.497 e. The molecule has 6 nitrogen and oxygen atoms in total. The van der Waals surface area contributed by atoms with Crippen LogP contribution < -0.4 is 9.47 Å². The lowest BCUT2D eigenvalue weighted by Gasteiger charge is -2.57. The van der Waals surface area contributed by atoms with Gasteiger partial charge in [-0.25, -0.2) is 9.18 Å². The molecule has 1 atom stereocenters. The molecule has 0 bridgehead atoms. The topological polar surface area (TPSA) is 71.9 Å². The normalized spacial score (nSPS) is 18.1. The first kappa shape index (κ1) is 21.4. The number of carbonyl (C=O) groups is 1. The maximum absolute atomic E-state index is 13.6. The Hall–Kier alpha value is -3.27. The quantitative estimate of drug-likeness (QED) is 0.763. The van der Waals surface area contributed by atoms with Crippen LogP contribution in [-0.2, 0) is 0 Å². The van der Waals surface area contributed by atoms with Gasteiger partial charge in [-0.3, -0.25) is 9.88 Å². The molecule has 1 saturated heterocycles. The third-order valence-corrected chi connectivity index (χ3v) is 5.54. The molecule has 2 heterocycles. The summed E-state index contributed by atoms with van der Waals surface area (Å²) in [6, 6.07) is 5.99. The van der Waals surface area contributed by atoms with E-state index in [0.29, 0.717) is 29.2 Å². The van der Waals surface area contributed by atoms with Crippen LogP contribution in [0.4, 0.5) is 9.18 Å². The molecule has 0 spiro atoms. The van der Waals surface area contributed by atoms with E-state index in [0.717, 1.165) is 6.42 Å². The van der Waals surface area contributed by atoms with Gasteiger partial charge in [-0.2, -0.15) is 0 Å². The minimum atomic E-state index is -0.942. The number of amides is 1. The molecule has 1 aliphatic rings. The second-order valence-corrected chi connectivity index (χ2v) is 8.29. The summed E-state index contributed by atoms with van der Waals surface area (Å²) in [5.74, 6) is 6.30. The largest absolute Gasteiger partial charge is 0.497 e. The number of likely N-dealkylation sites (tertiary alicyclic amines) is 1. The molecular formula is C23H25FN2O4. The van der Waals surface area contributed by atoms with Gasteiger partial charge in [0.05, 0.1) is 18.8 Å². The van der Waals surface area contributed by atoms with E-state index in [1.54, 1.807) is 24.5 Å². The average molecular weight is 412 g/mol. The molecule has 0 unspecified atom stereocenters. The Morgan fingerprint density at radius 1 is 1.20 bits per heavy atom. The molecule has 158 valence electrons. The molecule has 0 saturated carbocycles. The molecule has 1 aromatic heterocycles. The van der Waals surface area contributed by atoms with Gasteiger partial charge in [0.1, 0.15) is 23.9 Å². The van der Waals surface area contributed by atoms with Crippen molar-refractivity contribution < 1.29 is 23.8 Å². The van der Waals surface area contributed by atoms with Crippen LogP contribution in [0.25, 0.3) is 0 Å². The van der Waals surface area contributed by atoms with Crippen molar-refractivity contribution in [1.29, 1.82) is 0 Å². The van der Waals surface area contributed by atoms with Crippen LogP contribution in [0.15, 0.2) is 36.7 Å². The first-order valence-corrected chi connectivity index (χ1v) is 9.60. The van der Waals surface area contributed by atoms with E-state index in [1.807, 2.05) is 20.8 Å².